The largest absolute Gasteiger partial charge is 0.393 e. The molecule has 1 N–H and O–H groups in total. The SMILES string of the molecule is CCCCCCCCCC=CCCCCCC(C)O. The van der Waals surface area contributed by atoms with Crippen LogP contribution in [0.4, 0.5) is 0 Å². The van der Waals surface area contributed by atoms with E-state index in [2.05, 4.69) is 19.1 Å². The zero-order valence-corrected chi connectivity index (χ0v) is 13.4. The van der Waals surface area contributed by atoms with Gasteiger partial charge in [0.15, 0.2) is 0 Å². The van der Waals surface area contributed by atoms with Crippen LogP contribution in [-0.4, -0.2) is 11.2 Å². The average Bonchev–Trinajstić information content (AvgIpc) is 2.39. The number of allylic oxidation sites excluding steroid dienone is 2. The second-order valence-electron chi connectivity index (χ2n) is 5.87. The molecule has 0 rings (SSSR count). The van der Waals surface area contributed by atoms with E-state index in [0.717, 1.165) is 6.42 Å². The Bertz CT molecular complexity index is 184. The molecule has 0 saturated carbocycles. The first kappa shape index (κ1) is 18.7. The molecular weight excluding hydrogens is 232 g/mol. The predicted octanol–water partition coefficient (Wildman–Crippen LogP) is 6.01. The van der Waals surface area contributed by atoms with Gasteiger partial charge in [-0.25, -0.2) is 0 Å². The third kappa shape index (κ3) is 17.7. The monoisotopic (exact) mass is 268 g/mol. The highest BCUT2D eigenvalue weighted by molar-refractivity contribution is 4.81. The van der Waals surface area contributed by atoms with Crippen LogP contribution in [0.3, 0.4) is 0 Å². The summed E-state index contributed by atoms with van der Waals surface area (Å²) in [5.74, 6) is 0. The molecule has 0 aromatic carbocycles. The number of rotatable bonds is 14. The van der Waals surface area contributed by atoms with Gasteiger partial charge in [0, 0.05) is 0 Å². The Morgan fingerprint density at radius 3 is 1.74 bits per heavy atom. The topological polar surface area (TPSA) is 20.2 Å². The molecule has 1 nitrogen and oxygen atoms in total. The van der Waals surface area contributed by atoms with Crippen LogP contribution in [0.5, 0.6) is 0 Å². The number of hydrogen-bond acceptors (Lipinski definition) is 1. The Morgan fingerprint density at radius 2 is 1.21 bits per heavy atom. The molecule has 0 saturated heterocycles. The van der Waals surface area contributed by atoms with Crippen LogP contribution in [0.25, 0.3) is 0 Å². The molecule has 0 radical (unpaired) electrons. The van der Waals surface area contributed by atoms with Gasteiger partial charge < -0.3 is 5.11 Å². The Kier molecular flexibility index (Phi) is 15.5. The second kappa shape index (κ2) is 15.8. The van der Waals surface area contributed by atoms with Gasteiger partial charge in [-0.2, -0.15) is 0 Å². The van der Waals surface area contributed by atoms with E-state index in [-0.39, 0.29) is 6.10 Å². The van der Waals surface area contributed by atoms with E-state index in [1.54, 1.807) is 0 Å². The summed E-state index contributed by atoms with van der Waals surface area (Å²) in [4.78, 5) is 0. The van der Waals surface area contributed by atoms with Gasteiger partial charge in [-0.3, -0.25) is 0 Å². The molecule has 0 spiro atoms. The molecule has 0 fully saturated rings. The first-order valence-corrected chi connectivity index (χ1v) is 8.60. The van der Waals surface area contributed by atoms with E-state index in [4.69, 9.17) is 5.11 Å². The number of unbranched alkanes of at least 4 members (excludes halogenated alkanes) is 10. The van der Waals surface area contributed by atoms with E-state index >= 15 is 0 Å². The van der Waals surface area contributed by atoms with E-state index in [0.29, 0.717) is 0 Å². The summed E-state index contributed by atoms with van der Waals surface area (Å²) < 4.78 is 0. The van der Waals surface area contributed by atoms with Crippen LogP contribution < -0.4 is 0 Å². The molecule has 0 bridgehead atoms. The van der Waals surface area contributed by atoms with Gasteiger partial charge in [0.1, 0.15) is 0 Å². The zero-order valence-electron chi connectivity index (χ0n) is 13.4. The molecule has 0 aliphatic carbocycles. The summed E-state index contributed by atoms with van der Waals surface area (Å²) in [6, 6.07) is 0. The minimum atomic E-state index is -0.118. The fraction of sp³-hybridized carbons (Fsp3) is 0.889. The minimum Gasteiger partial charge on any atom is -0.393 e. The molecule has 0 heterocycles. The van der Waals surface area contributed by atoms with Gasteiger partial charge in [-0.1, -0.05) is 70.4 Å². The third-order valence-electron chi connectivity index (χ3n) is 3.63. The summed E-state index contributed by atoms with van der Waals surface area (Å²) in [5.41, 5.74) is 0. The molecule has 0 amide bonds. The Morgan fingerprint density at radius 1 is 0.737 bits per heavy atom. The molecule has 114 valence electrons. The lowest BCUT2D eigenvalue weighted by molar-refractivity contribution is 0.180. The summed E-state index contributed by atoms with van der Waals surface area (Å²) in [7, 11) is 0. The molecule has 0 aromatic heterocycles. The molecular formula is C18H36O. The molecule has 19 heavy (non-hydrogen) atoms. The van der Waals surface area contributed by atoms with Crippen molar-refractivity contribution >= 4 is 0 Å². The van der Waals surface area contributed by atoms with Gasteiger partial charge in [0.05, 0.1) is 6.10 Å². The van der Waals surface area contributed by atoms with E-state index < -0.39 is 0 Å². The van der Waals surface area contributed by atoms with Crippen molar-refractivity contribution in [2.24, 2.45) is 0 Å². The lowest BCUT2D eigenvalue weighted by Crippen LogP contribution is -1.97. The highest BCUT2D eigenvalue weighted by Gasteiger charge is 1.94. The van der Waals surface area contributed by atoms with Crippen LogP contribution in [0.15, 0.2) is 12.2 Å². The maximum atomic E-state index is 9.13. The second-order valence-corrected chi connectivity index (χ2v) is 5.87. The van der Waals surface area contributed by atoms with Crippen LogP contribution in [0.2, 0.25) is 0 Å². The maximum Gasteiger partial charge on any atom is 0.0512 e. The van der Waals surface area contributed by atoms with Crippen molar-refractivity contribution in [3.8, 4) is 0 Å². The first-order valence-electron chi connectivity index (χ1n) is 8.60. The van der Waals surface area contributed by atoms with Gasteiger partial charge in [0.2, 0.25) is 0 Å². The van der Waals surface area contributed by atoms with Crippen molar-refractivity contribution in [3.63, 3.8) is 0 Å². The lowest BCUT2D eigenvalue weighted by atomic mass is 10.1. The fourth-order valence-corrected chi connectivity index (χ4v) is 2.33. The first-order chi connectivity index (χ1) is 9.27. The minimum absolute atomic E-state index is 0.118. The Hall–Kier alpha value is -0.300. The van der Waals surface area contributed by atoms with Gasteiger partial charge in [0.25, 0.3) is 0 Å². The summed E-state index contributed by atoms with van der Waals surface area (Å²) in [6.45, 7) is 4.15. The molecule has 0 aromatic rings. The number of aliphatic hydroxyl groups is 1. The maximum absolute atomic E-state index is 9.13. The Labute approximate surface area is 121 Å². The third-order valence-corrected chi connectivity index (χ3v) is 3.63. The van der Waals surface area contributed by atoms with E-state index in [1.807, 2.05) is 6.92 Å². The van der Waals surface area contributed by atoms with Crippen molar-refractivity contribution in [1.29, 1.82) is 0 Å². The summed E-state index contributed by atoms with van der Waals surface area (Å²) in [5, 5.41) is 9.13. The quantitative estimate of drug-likeness (QED) is 0.302. The number of aliphatic hydroxyl groups excluding tert-OH is 1. The normalized spacial score (nSPS) is 13.2. The van der Waals surface area contributed by atoms with E-state index in [1.165, 1.54) is 77.0 Å². The molecule has 1 atom stereocenters. The zero-order chi connectivity index (χ0) is 14.2. The predicted molar refractivity (Wildman–Crippen MR) is 86.5 cm³/mol. The summed E-state index contributed by atoms with van der Waals surface area (Å²) in [6.07, 6.45) is 21.6. The van der Waals surface area contributed by atoms with Gasteiger partial charge in [-0.15, -0.1) is 0 Å². The lowest BCUT2D eigenvalue weighted by Gasteiger charge is -2.02. The van der Waals surface area contributed by atoms with Crippen molar-refractivity contribution in [3.05, 3.63) is 12.2 Å². The van der Waals surface area contributed by atoms with Gasteiger partial charge in [-0.05, 0) is 39.0 Å². The van der Waals surface area contributed by atoms with Crippen LogP contribution in [-0.2, 0) is 0 Å². The Balaban J connectivity index is 3.05. The smallest absolute Gasteiger partial charge is 0.0512 e. The highest BCUT2D eigenvalue weighted by atomic mass is 16.3. The van der Waals surface area contributed by atoms with Crippen molar-refractivity contribution in [1.82, 2.24) is 0 Å². The fourth-order valence-electron chi connectivity index (χ4n) is 2.33. The van der Waals surface area contributed by atoms with Crippen molar-refractivity contribution in [2.45, 2.75) is 103 Å². The van der Waals surface area contributed by atoms with Crippen LogP contribution in [0, 0.1) is 0 Å². The molecule has 0 aliphatic rings. The van der Waals surface area contributed by atoms with Gasteiger partial charge >= 0.3 is 0 Å². The standard InChI is InChI=1S/C18H36O/c1-3-4-5-6-7-8-9-10-11-12-13-14-15-16-17-18(2)19/h11-12,18-19H,3-10,13-17H2,1-2H3. The molecule has 1 heteroatoms. The molecule has 0 aliphatic heterocycles. The van der Waals surface area contributed by atoms with Crippen molar-refractivity contribution in [2.75, 3.05) is 0 Å². The molecule has 1 unspecified atom stereocenters. The average molecular weight is 268 g/mol. The van der Waals surface area contributed by atoms with E-state index in [9.17, 15) is 0 Å². The summed E-state index contributed by atoms with van der Waals surface area (Å²) >= 11 is 0. The van der Waals surface area contributed by atoms with Crippen molar-refractivity contribution < 1.29 is 5.11 Å². The van der Waals surface area contributed by atoms with Crippen LogP contribution >= 0.6 is 0 Å². The highest BCUT2D eigenvalue weighted by Crippen LogP contribution is 2.09. The van der Waals surface area contributed by atoms with Crippen LogP contribution in [0.1, 0.15) is 97.3 Å². The number of hydrogen-bond donors (Lipinski definition) is 1.